The first-order valence-electron chi connectivity index (χ1n) is 5.30. The highest BCUT2D eigenvalue weighted by atomic mass is 15.2. The van der Waals surface area contributed by atoms with Gasteiger partial charge in [0.2, 0.25) is 5.95 Å². The fourth-order valence-corrected chi connectivity index (χ4v) is 1.29. The van der Waals surface area contributed by atoms with Crippen molar-refractivity contribution in [1.82, 2.24) is 14.9 Å². The summed E-state index contributed by atoms with van der Waals surface area (Å²) in [4.78, 5) is 10.5. The number of likely N-dealkylation sites (N-methyl/N-ethyl adjacent to an activating group) is 1. The molecule has 0 aliphatic rings. The molecule has 5 heteroatoms. The van der Waals surface area contributed by atoms with Crippen LogP contribution < -0.4 is 11.1 Å². The first-order valence-corrected chi connectivity index (χ1v) is 5.30. The van der Waals surface area contributed by atoms with Crippen molar-refractivity contribution in [2.24, 2.45) is 0 Å². The molecule has 3 N–H and O–H groups in total. The van der Waals surface area contributed by atoms with E-state index in [1.165, 1.54) is 0 Å². The Morgan fingerprint density at radius 1 is 1.27 bits per heavy atom. The van der Waals surface area contributed by atoms with Crippen molar-refractivity contribution in [2.75, 3.05) is 37.2 Å². The summed E-state index contributed by atoms with van der Waals surface area (Å²) >= 11 is 0. The van der Waals surface area contributed by atoms with Crippen molar-refractivity contribution in [3.05, 3.63) is 12.4 Å². The minimum absolute atomic E-state index is 0.587. The SMILES string of the molecule is CCN(CC)CCNc1ncc(N)cn1. The second kappa shape index (κ2) is 6.19. The Morgan fingerprint density at radius 2 is 1.87 bits per heavy atom. The molecule has 0 saturated carbocycles. The van der Waals surface area contributed by atoms with E-state index in [1.54, 1.807) is 12.4 Å². The van der Waals surface area contributed by atoms with Gasteiger partial charge in [-0.3, -0.25) is 0 Å². The van der Waals surface area contributed by atoms with Crippen LogP contribution in [0.1, 0.15) is 13.8 Å². The standard InChI is InChI=1S/C10H19N5/c1-3-15(4-2)6-5-12-10-13-7-9(11)8-14-10/h7-8H,3-6,11H2,1-2H3,(H,12,13,14). The Bertz CT molecular complexity index is 268. The van der Waals surface area contributed by atoms with Gasteiger partial charge in [-0.1, -0.05) is 13.8 Å². The van der Waals surface area contributed by atoms with Gasteiger partial charge >= 0.3 is 0 Å². The highest BCUT2D eigenvalue weighted by Crippen LogP contribution is 2.00. The lowest BCUT2D eigenvalue weighted by atomic mass is 10.4. The maximum Gasteiger partial charge on any atom is 0.222 e. The van der Waals surface area contributed by atoms with Gasteiger partial charge in [0.1, 0.15) is 0 Å². The summed E-state index contributed by atoms with van der Waals surface area (Å²) in [5.41, 5.74) is 6.07. The maximum atomic E-state index is 5.49. The molecule has 15 heavy (non-hydrogen) atoms. The molecule has 0 aliphatic carbocycles. The van der Waals surface area contributed by atoms with Crippen LogP contribution >= 0.6 is 0 Å². The largest absolute Gasteiger partial charge is 0.396 e. The molecule has 0 aliphatic heterocycles. The quantitative estimate of drug-likeness (QED) is 0.726. The Hall–Kier alpha value is -1.36. The number of hydrogen-bond donors (Lipinski definition) is 2. The van der Waals surface area contributed by atoms with Crippen LogP contribution in [0.5, 0.6) is 0 Å². The van der Waals surface area contributed by atoms with Gasteiger partial charge in [0.25, 0.3) is 0 Å². The van der Waals surface area contributed by atoms with Gasteiger partial charge in [-0.05, 0) is 13.1 Å². The van der Waals surface area contributed by atoms with Gasteiger partial charge in [-0.25, -0.2) is 9.97 Å². The zero-order chi connectivity index (χ0) is 11.1. The average Bonchev–Trinajstić information content (AvgIpc) is 2.27. The van der Waals surface area contributed by atoms with E-state index >= 15 is 0 Å². The molecule has 0 amide bonds. The van der Waals surface area contributed by atoms with Crippen LogP contribution in [-0.4, -0.2) is 41.0 Å². The first-order chi connectivity index (χ1) is 7.26. The van der Waals surface area contributed by atoms with E-state index < -0.39 is 0 Å². The molecule has 1 rings (SSSR count). The van der Waals surface area contributed by atoms with E-state index in [1.807, 2.05) is 0 Å². The third-order valence-corrected chi connectivity index (χ3v) is 2.28. The number of hydrogen-bond acceptors (Lipinski definition) is 5. The molecule has 5 nitrogen and oxygen atoms in total. The topological polar surface area (TPSA) is 67.1 Å². The normalized spacial score (nSPS) is 10.6. The summed E-state index contributed by atoms with van der Waals surface area (Å²) in [5, 5.41) is 3.15. The number of nitrogens with one attached hydrogen (secondary N) is 1. The molecule has 0 saturated heterocycles. The maximum absolute atomic E-state index is 5.49. The second-order valence-corrected chi connectivity index (χ2v) is 3.29. The molecule has 84 valence electrons. The fraction of sp³-hybridized carbons (Fsp3) is 0.600. The van der Waals surface area contributed by atoms with Crippen molar-refractivity contribution in [2.45, 2.75) is 13.8 Å². The summed E-state index contributed by atoms with van der Waals surface area (Å²) in [7, 11) is 0. The lowest BCUT2D eigenvalue weighted by Crippen LogP contribution is -2.28. The number of nitrogens with zero attached hydrogens (tertiary/aromatic N) is 3. The van der Waals surface area contributed by atoms with E-state index in [-0.39, 0.29) is 0 Å². The van der Waals surface area contributed by atoms with E-state index in [9.17, 15) is 0 Å². The molecular weight excluding hydrogens is 190 g/mol. The van der Waals surface area contributed by atoms with Crippen molar-refractivity contribution in [1.29, 1.82) is 0 Å². The van der Waals surface area contributed by atoms with E-state index in [0.717, 1.165) is 26.2 Å². The van der Waals surface area contributed by atoms with Gasteiger partial charge in [-0.2, -0.15) is 0 Å². The molecular formula is C10H19N5. The number of nitrogen functional groups attached to an aromatic ring is 1. The van der Waals surface area contributed by atoms with Gasteiger partial charge in [0.05, 0.1) is 18.1 Å². The molecule has 0 bridgehead atoms. The highest BCUT2D eigenvalue weighted by molar-refractivity contribution is 5.35. The Kier molecular flexibility index (Phi) is 4.83. The second-order valence-electron chi connectivity index (χ2n) is 3.29. The molecule has 0 fully saturated rings. The molecule has 1 aromatic heterocycles. The molecule has 1 aromatic rings. The van der Waals surface area contributed by atoms with Crippen LogP contribution in [-0.2, 0) is 0 Å². The van der Waals surface area contributed by atoms with Gasteiger partial charge < -0.3 is 16.0 Å². The lowest BCUT2D eigenvalue weighted by Gasteiger charge is -2.17. The molecule has 0 unspecified atom stereocenters. The predicted octanol–water partition coefficient (Wildman–Crippen LogP) is 0.812. The smallest absolute Gasteiger partial charge is 0.222 e. The van der Waals surface area contributed by atoms with Crippen LogP contribution in [0.4, 0.5) is 11.6 Å². The fourth-order valence-electron chi connectivity index (χ4n) is 1.29. The third-order valence-electron chi connectivity index (χ3n) is 2.28. The van der Waals surface area contributed by atoms with Gasteiger partial charge in [0, 0.05) is 13.1 Å². The summed E-state index contributed by atoms with van der Waals surface area (Å²) < 4.78 is 0. The Morgan fingerprint density at radius 3 is 2.40 bits per heavy atom. The highest BCUT2D eigenvalue weighted by Gasteiger charge is 1.99. The number of nitrogens with two attached hydrogens (primary N) is 1. The predicted molar refractivity (Wildman–Crippen MR) is 62.7 cm³/mol. The minimum atomic E-state index is 0.587. The van der Waals surface area contributed by atoms with E-state index in [4.69, 9.17) is 5.73 Å². The zero-order valence-electron chi connectivity index (χ0n) is 9.40. The zero-order valence-corrected chi connectivity index (χ0v) is 9.40. The minimum Gasteiger partial charge on any atom is -0.396 e. The van der Waals surface area contributed by atoms with Crippen LogP contribution in [0.15, 0.2) is 12.4 Å². The van der Waals surface area contributed by atoms with Gasteiger partial charge in [0.15, 0.2) is 0 Å². The van der Waals surface area contributed by atoms with Crippen molar-refractivity contribution < 1.29 is 0 Å². The van der Waals surface area contributed by atoms with Crippen LogP contribution in [0.3, 0.4) is 0 Å². The summed E-state index contributed by atoms with van der Waals surface area (Å²) in [5.74, 6) is 0.636. The van der Waals surface area contributed by atoms with E-state index in [2.05, 4.69) is 34.0 Å². The average molecular weight is 209 g/mol. The summed E-state index contributed by atoms with van der Waals surface area (Å²) in [6, 6.07) is 0. The first kappa shape index (κ1) is 11.7. The van der Waals surface area contributed by atoms with Crippen molar-refractivity contribution in [3.63, 3.8) is 0 Å². The molecule has 0 atom stereocenters. The van der Waals surface area contributed by atoms with Gasteiger partial charge in [-0.15, -0.1) is 0 Å². The number of anilines is 2. The Balaban J connectivity index is 2.28. The Labute approximate surface area is 90.7 Å². The number of rotatable bonds is 6. The summed E-state index contributed by atoms with van der Waals surface area (Å²) in [6.45, 7) is 8.31. The van der Waals surface area contributed by atoms with Crippen molar-refractivity contribution in [3.8, 4) is 0 Å². The molecule has 0 aromatic carbocycles. The van der Waals surface area contributed by atoms with Crippen LogP contribution in [0.2, 0.25) is 0 Å². The lowest BCUT2D eigenvalue weighted by molar-refractivity contribution is 0.316. The number of aromatic nitrogens is 2. The molecule has 0 spiro atoms. The molecule has 1 heterocycles. The van der Waals surface area contributed by atoms with Crippen LogP contribution in [0.25, 0.3) is 0 Å². The molecule has 0 radical (unpaired) electrons. The third kappa shape index (κ3) is 4.12. The summed E-state index contributed by atoms with van der Waals surface area (Å²) in [6.07, 6.45) is 3.21. The van der Waals surface area contributed by atoms with Crippen molar-refractivity contribution >= 4 is 11.6 Å². The monoisotopic (exact) mass is 209 g/mol. The van der Waals surface area contributed by atoms with Crippen LogP contribution in [0, 0.1) is 0 Å². The van der Waals surface area contributed by atoms with E-state index in [0.29, 0.717) is 11.6 Å².